The van der Waals surface area contributed by atoms with E-state index < -0.39 is 28.3 Å². The number of halogens is 3. The van der Waals surface area contributed by atoms with E-state index >= 15 is 0 Å². The Labute approximate surface area is 264 Å². The molecule has 2 aliphatic heterocycles. The van der Waals surface area contributed by atoms with Crippen molar-refractivity contribution in [1.29, 1.82) is 0 Å². The van der Waals surface area contributed by atoms with Gasteiger partial charge in [0.25, 0.3) is 11.1 Å². The van der Waals surface area contributed by atoms with Crippen molar-refractivity contribution in [3.63, 3.8) is 0 Å². The van der Waals surface area contributed by atoms with Crippen molar-refractivity contribution < 1.29 is 23.9 Å². The van der Waals surface area contributed by atoms with Gasteiger partial charge in [0.15, 0.2) is 0 Å². The molecule has 8 nitrogen and oxygen atoms in total. The summed E-state index contributed by atoms with van der Waals surface area (Å²) in [4.78, 5) is 55.0. The highest BCUT2D eigenvalue weighted by Crippen LogP contribution is 2.38. The van der Waals surface area contributed by atoms with Crippen molar-refractivity contribution in [2.24, 2.45) is 5.41 Å². The summed E-state index contributed by atoms with van der Waals surface area (Å²) in [6.45, 7) is 6.21. The first kappa shape index (κ1) is 32.2. The molecule has 0 spiro atoms. The summed E-state index contributed by atoms with van der Waals surface area (Å²) >= 11 is 19.3. The van der Waals surface area contributed by atoms with Gasteiger partial charge in [-0.1, -0.05) is 59.1 Å². The van der Waals surface area contributed by atoms with Gasteiger partial charge < -0.3 is 15.0 Å². The molecule has 4 amide bonds. The molecular formula is C30H32Cl3N3O5S. The number of amides is 4. The third-order valence-corrected chi connectivity index (χ3v) is 9.09. The van der Waals surface area contributed by atoms with Crippen LogP contribution in [-0.4, -0.2) is 64.7 Å². The van der Waals surface area contributed by atoms with E-state index in [1.165, 1.54) is 0 Å². The van der Waals surface area contributed by atoms with Crippen molar-refractivity contribution in [2.75, 3.05) is 26.2 Å². The van der Waals surface area contributed by atoms with Gasteiger partial charge >= 0.3 is 6.09 Å². The Kier molecular flexibility index (Phi) is 10.2. The summed E-state index contributed by atoms with van der Waals surface area (Å²) < 4.78 is 5.52. The van der Waals surface area contributed by atoms with Gasteiger partial charge in [0.1, 0.15) is 5.60 Å². The fourth-order valence-corrected chi connectivity index (χ4v) is 6.22. The molecule has 2 aromatic carbocycles. The van der Waals surface area contributed by atoms with E-state index in [2.05, 4.69) is 5.32 Å². The highest BCUT2D eigenvalue weighted by atomic mass is 35.5. The number of carbonyl (C=O) groups excluding carboxylic acids is 4. The van der Waals surface area contributed by atoms with Gasteiger partial charge in [-0.25, -0.2) is 4.79 Å². The van der Waals surface area contributed by atoms with Crippen LogP contribution in [0.15, 0.2) is 47.4 Å². The van der Waals surface area contributed by atoms with Gasteiger partial charge in [-0.3, -0.25) is 19.3 Å². The number of hydrogen-bond donors (Lipinski definition) is 1. The van der Waals surface area contributed by atoms with Crippen LogP contribution in [0, 0.1) is 5.41 Å². The number of thioether (sulfide) groups is 1. The van der Waals surface area contributed by atoms with Gasteiger partial charge in [-0.2, -0.15) is 0 Å². The second kappa shape index (κ2) is 13.3. The smallest absolute Gasteiger partial charge is 0.410 e. The summed E-state index contributed by atoms with van der Waals surface area (Å²) in [6, 6.07) is 12.3. The minimum Gasteiger partial charge on any atom is -0.444 e. The van der Waals surface area contributed by atoms with E-state index in [9.17, 15) is 19.2 Å². The normalized spacial score (nSPS) is 18.0. The largest absolute Gasteiger partial charge is 0.444 e. The monoisotopic (exact) mass is 651 g/mol. The fraction of sp³-hybridized carbons (Fsp3) is 0.400. The first-order valence-electron chi connectivity index (χ1n) is 13.5. The molecule has 42 heavy (non-hydrogen) atoms. The van der Waals surface area contributed by atoms with E-state index in [4.69, 9.17) is 39.5 Å². The predicted molar refractivity (Wildman–Crippen MR) is 167 cm³/mol. The summed E-state index contributed by atoms with van der Waals surface area (Å²) in [5.41, 5.74) is 0.0111. The van der Waals surface area contributed by atoms with Gasteiger partial charge in [0.2, 0.25) is 5.91 Å². The van der Waals surface area contributed by atoms with Crippen molar-refractivity contribution in [1.82, 2.24) is 15.1 Å². The maximum Gasteiger partial charge on any atom is 0.410 e. The van der Waals surface area contributed by atoms with Gasteiger partial charge in [0, 0.05) is 31.2 Å². The van der Waals surface area contributed by atoms with Crippen LogP contribution in [0.5, 0.6) is 0 Å². The van der Waals surface area contributed by atoms with Crippen LogP contribution in [0.3, 0.4) is 0 Å². The first-order chi connectivity index (χ1) is 19.8. The van der Waals surface area contributed by atoms with E-state index in [-0.39, 0.29) is 23.9 Å². The van der Waals surface area contributed by atoms with E-state index in [1.54, 1.807) is 35.2 Å². The van der Waals surface area contributed by atoms with E-state index in [1.807, 2.05) is 39.0 Å². The number of piperidine rings is 1. The van der Waals surface area contributed by atoms with Crippen LogP contribution in [0.2, 0.25) is 15.1 Å². The maximum absolute atomic E-state index is 13.7. The minimum atomic E-state index is -0.837. The predicted octanol–water partition coefficient (Wildman–Crippen LogP) is 7.06. The Morgan fingerprint density at radius 3 is 2.36 bits per heavy atom. The topological polar surface area (TPSA) is 96.0 Å². The molecule has 2 fully saturated rings. The third kappa shape index (κ3) is 7.81. The zero-order valence-corrected chi connectivity index (χ0v) is 26.6. The quantitative estimate of drug-likeness (QED) is 0.322. The Morgan fingerprint density at radius 2 is 1.71 bits per heavy atom. The standard InChI is InChI=1S/C30H32Cl3N3O5S/c1-29(2,3)41-27(39)35-13-10-30(11-14-35,18-20-6-4-5-7-21(20)31)26(38)34-12-15-36-25(37)24(42-28(36)40)17-19-8-9-22(32)23(33)16-19/h4-9,16-17H,10-15,18H2,1-3H3,(H,34,38)/b24-17+. The molecule has 0 atom stereocenters. The van der Waals surface area contributed by atoms with Crippen LogP contribution < -0.4 is 5.32 Å². The average Bonchev–Trinajstić information content (AvgIpc) is 3.18. The summed E-state index contributed by atoms with van der Waals surface area (Å²) in [5, 5.41) is 3.81. The Morgan fingerprint density at radius 1 is 1.02 bits per heavy atom. The first-order valence-corrected chi connectivity index (χ1v) is 15.4. The third-order valence-electron chi connectivity index (χ3n) is 7.08. The minimum absolute atomic E-state index is 0.0152. The van der Waals surface area contributed by atoms with Crippen LogP contribution in [0.1, 0.15) is 44.7 Å². The van der Waals surface area contributed by atoms with Crippen molar-refractivity contribution in [3.8, 4) is 0 Å². The zero-order chi connectivity index (χ0) is 30.7. The number of ether oxygens (including phenoxy) is 1. The van der Waals surface area contributed by atoms with E-state index in [0.717, 1.165) is 22.2 Å². The van der Waals surface area contributed by atoms with Crippen molar-refractivity contribution in [2.45, 2.75) is 45.6 Å². The Balaban J connectivity index is 1.42. The molecule has 1 N–H and O–H groups in total. The molecule has 224 valence electrons. The average molecular weight is 653 g/mol. The number of imide groups is 1. The molecule has 0 bridgehead atoms. The molecule has 0 saturated carbocycles. The molecule has 2 saturated heterocycles. The number of benzene rings is 2. The molecule has 2 aliphatic rings. The lowest BCUT2D eigenvalue weighted by atomic mass is 9.73. The molecule has 2 aromatic rings. The number of nitrogens with one attached hydrogen (secondary N) is 1. The number of likely N-dealkylation sites (tertiary alicyclic amines) is 1. The summed E-state index contributed by atoms with van der Waals surface area (Å²) in [5.74, 6) is -0.661. The highest BCUT2D eigenvalue weighted by Gasteiger charge is 2.43. The molecular weight excluding hydrogens is 621 g/mol. The maximum atomic E-state index is 13.7. The molecule has 0 aliphatic carbocycles. The molecule has 4 rings (SSSR count). The Bertz CT molecular complexity index is 1420. The lowest BCUT2D eigenvalue weighted by Gasteiger charge is -2.41. The van der Waals surface area contributed by atoms with Gasteiger partial charge in [-0.05, 0) is 87.2 Å². The van der Waals surface area contributed by atoms with Gasteiger partial charge in [0.05, 0.1) is 20.4 Å². The summed E-state index contributed by atoms with van der Waals surface area (Å²) in [7, 11) is 0. The zero-order valence-electron chi connectivity index (χ0n) is 23.5. The Hall–Kier alpha value is -2.72. The van der Waals surface area contributed by atoms with Crippen LogP contribution in [0.4, 0.5) is 9.59 Å². The number of nitrogens with zero attached hydrogens (tertiary/aromatic N) is 2. The fourth-order valence-electron chi connectivity index (χ4n) is 4.85. The van der Waals surface area contributed by atoms with Crippen molar-refractivity contribution >= 4 is 75.8 Å². The number of hydrogen-bond acceptors (Lipinski definition) is 6. The molecule has 12 heteroatoms. The molecule has 0 aromatic heterocycles. The number of rotatable bonds is 7. The van der Waals surface area contributed by atoms with E-state index in [0.29, 0.717) is 53.0 Å². The molecule has 2 heterocycles. The van der Waals surface area contributed by atoms with Crippen LogP contribution >= 0.6 is 46.6 Å². The van der Waals surface area contributed by atoms with Gasteiger partial charge in [-0.15, -0.1) is 0 Å². The lowest BCUT2D eigenvalue weighted by molar-refractivity contribution is -0.134. The summed E-state index contributed by atoms with van der Waals surface area (Å²) in [6.07, 6.45) is 2.36. The van der Waals surface area contributed by atoms with Crippen LogP contribution in [-0.2, 0) is 20.7 Å². The SMILES string of the molecule is CC(C)(C)OC(=O)N1CCC(Cc2ccccc2Cl)(C(=O)NCCN2C(=O)S/C(=C/c3ccc(Cl)c(Cl)c3)C2=O)CC1. The van der Waals surface area contributed by atoms with Crippen LogP contribution in [0.25, 0.3) is 6.08 Å². The second-order valence-electron chi connectivity index (χ2n) is 11.3. The lowest BCUT2D eigenvalue weighted by Crippen LogP contribution is -2.52. The molecule has 0 unspecified atom stereocenters. The van der Waals surface area contributed by atoms with Crippen molar-refractivity contribution in [3.05, 3.63) is 73.6 Å². The highest BCUT2D eigenvalue weighted by molar-refractivity contribution is 8.18. The number of carbonyl (C=O) groups is 4. The second-order valence-corrected chi connectivity index (χ2v) is 13.5. The molecule has 0 radical (unpaired) electrons.